The van der Waals surface area contributed by atoms with E-state index in [0.717, 1.165) is 10.0 Å². The maximum atomic E-state index is 11.5. The number of nitrogens with one attached hydrogen (secondary N) is 1. The molecule has 1 aromatic carbocycles. The van der Waals surface area contributed by atoms with Crippen LogP contribution in [0.3, 0.4) is 0 Å². The molecule has 3 heteroatoms. The van der Waals surface area contributed by atoms with Crippen molar-refractivity contribution in [1.29, 1.82) is 0 Å². The van der Waals surface area contributed by atoms with Crippen molar-refractivity contribution in [3.8, 4) is 11.8 Å². The monoisotopic (exact) mass is 279 g/mol. The predicted molar refractivity (Wildman–Crippen MR) is 68.9 cm³/mol. The number of amides is 1. The molecular weight excluding hydrogens is 266 g/mol. The van der Waals surface area contributed by atoms with E-state index in [1.165, 1.54) is 0 Å². The summed E-state index contributed by atoms with van der Waals surface area (Å²) in [6, 6.07) is 7.75. The second kappa shape index (κ2) is 7.08. The Balaban J connectivity index is 2.33. The first kappa shape index (κ1) is 12.8. The highest BCUT2D eigenvalue weighted by Crippen LogP contribution is 2.10. The first-order valence-corrected chi connectivity index (χ1v) is 5.92. The minimum Gasteiger partial charge on any atom is -0.355 e. The lowest BCUT2D eigenvalue weighted by atomic mass is 10.1. The molecule has 0 aromatic heterocycles. The summed E-state index contributed by atoms with van der Waals surface area (Å²) in [6.45, 7) is 2.42. The number of halogens is 1. The molecule has 0 heterocycles. The molecule has 0 bridgehead atoms. The fourth-order valence-electron chi connectivity index (χ4n) is 1.24. The van der Waals surface area contributed by atoms with E-state index in [4.69, 9.17) is 0 Å². The molecule has 0 fully saturated rings. The summed E-state index contributed by atoms with van der Waals surface area (Å²) in [7, 11) is 0. The number of carbonyl (C=O) groups is 1. The van der Waals surface area contributed by atoms with Crippen LogP contribution in [0.4, 0.5) is 0 Å². The molecule has 0 aliphatic rings. The Bertz CT molecular complexity index is 400. The van der Waals surface area contributed by atoms with Gasteiger partial charge in [0.2, 0.25) is 5.91 Å². The molecule has 0 atom stereocenters. The third kappa shape index (κ3) is 4.99. The lowest BCUT2D eigenvalue weighted by Gasteiger charge is -2.03. The van der Waals surface area contributed by atoms with Crippen molar-refractivity contribution in [2.75, 3.05) is 6.54 Å². The molecule has 0 saturated carbocycles. The first-order valence-electron chi connectivity index (χ1n) is 5.13. The van der Waals surface area contributed by atoms with E-state index in [1.807, 2.05) is 24.3 Å². The standard InChI is InChI=1S/C13H14BrNO/c1-2-3-4-9-15-13(16)10-11-5-7-12(14)8-6-11/h5-8H,4,9-10H2,1H3,(H,15,16). The van der Waals surface area contributed by atoms with E-state index in [9.17, 15) is 4.79 Å². The number of hydrogen-bond acceptors (Lipinski definition) is 1. The largest absolute Gasteiger partial charge is 0.355 e. The molecule has 0 aliphatic carbocycles. The molecule has 0 aliphatic heterocycles. The maximum Gasteiger partial charge on any atom is 0.224 e. The Kier molecular flexibility index (Phi) is 5.66. The summed E-state index contributed by atoms with van der Waals surface area (Å²) >= 11 is 3.36. The predicted octanol–water partition coefficient (Wildman–Crippen LogP) is 2.52. The normalized spacial score (nSPS) is 9.12. The van der Waals surface area contributed by atoms with Gasteiger partial charge in [0.1, 0.15) is 0 Å². The molecule has 1 N–H and O–H groups in total. The fraction of sp³-hybridized carbons (Fsp3) is 0.308. The number of carbonyl (C=O) groups excluding carboxylic acids is 1. The summed E-state index contributed by atoms with van der Waals surface area (Å²) in [5.41, 5.74) is 1.02. The van der Waals surface area contributed by atoms with E-state index >= 15 is 0 Å². The van der Waals surface area contributed by atoms with E-state index < -0.39 is 0 Å². The van der Waals surface area contributed by atoms with Gasteiger partial charge in [0.15, 0.2) is 0 Å². The van der Waals surface area contributed by atoms with Crippen LogP contribution in [0.15, 0.2) is 28.7 Å². The van der Waals surface area contributed by atoms with Gasteiger partial charge in [-0.05, 0) is 24.6 Å². The van der Waals surface area contributed by atoms with Crippen LogP contribution < -0.4 is 5.32 Å². The van der Waals surface area contributed by atoms with Crippen molar-refractivity contribution >= 4 is 21.8 Å². The van der Waals surface area contributed by atoms with E-state index in [2.05, 4.69) is 33.1 Å². The Hall–Kier alpha value is -1.27. The van der Waals surface area contributed by atoms with Gasteiger partial charge in [-0.15, -0.1) is 11.8 Å². The SMILES string of the molecule is CC#CCCNC(=O)Cc1ccc(Br)cc1. The van der Waals surface area contributed by atoms with Crippen molar-refractivity contribution in [2.45, 2.75) is 19.8 Å². The molecule has 0 radical (unpaired) electrons. The fourth-order valence-corrected chi connectivity index (χ4v) is 1.50. The van der Waals surface area contributed by atoms with Crippen molar-refractivity contribution in [3.05, 3.63) is 34.3 Å². The minimum atomic E-state index is 0.0419. The van der Waals surface area contributed by atoms with Gasteiger partial charge in [-0.1, -0.05) is 28.1 Å². The zero-order valence-electron chi connectivity index (χ0n) is 9.22. The zero-order chi connectivity index (χ0) is 11.8. The smallest absolute Gasteiger partial charge is 0.224 e. The van der Waals surface area contributed by atoms with E-state index in [-0.39, 0.29) is 5.91 Å². The Labute approximate surface area is 105 Å². The van der Waals surface area contributed by atoms with Crippen molar-refractivity contribution in [2.24, 2.45) is 0 Å². The van der Waals surface area contributed by atoms with Gasteiger partial charge in [-0.3, -0.25) is 4.79 Å². The highest BCUT2D eigenvalue weighted by Gasteiger charge is 2.01. The summed E-state index contributed by atoms with van der Waals surface area (Å²) in [6.07, 6.45) is 1.13. The summed E-state index contributed by atoms with van der Waals surface area (Å²) in [5, 5.41) is 2.83. The molecule has 1 aromatic rings. The molecule has 1 rings (SSSR count). The van der Waals surface area contributed by atoms with Crippen molar-refractivity contribution < 1.29 is 4.79 Å². The zero-order valence-corrected chi connectivity index (χ0v) is 10.8. The molecular formula is C13H14BrNO. The van der Waals surface area contributed by atoms with Gasteiger partial charge in [-0.2, -0.15) is 0 Å². The number of benzene rings is 1. The Morgan fingerprint density at radius 1 is 1.38 bits per heavy atom. The quantitative estimate of drug-likeness (QED) is 0.666. The Morgan fingerprint density at radius 2 is 2.06 bits per heavy atom. The maximum absolute atomic E-state index is 11.5. The lowest BCUT2D eigenvalue weighted by molar-refractivity contribution is -0.120. The molecule has 0 unspecified atom stereocenters. The van der Waals surface area contributed by atoms with Crippen molar-refractivity contribution in [3.63, 3.8) is 0 Å². The first-order chi connectivity index (χ1) is 7.72. The van der Waals surface area contributed by atoms with E-state index in [0.29, 0.717) is 19.4 Å². The summed E-state index contributed by atoms with van der Waals surface area (Å²) in [5.74, 6) is 5.74. The van der Waals surface area contributed by atoms with Gasteiger partial charge in [-0.25, -0.2) is 0 Å². The summed E-state index contributed by atoms with van der Waals surface area (Å²) < 4.78 is 1.02. The van der Waals surface area contributed by atoms with E-state index in [1.54, 1.807) is 6.92 Å². The highest BCUT2D eigenvalue weighted by atomic mass is 79.9. The molecule has 16 heavy (non-hydrogen) atoms. The van der Waals surface area contributed by atoms with Crippen molar-refractivity contribution in [1.82, 2.24) is 5.32 Å². The van der Waals surface area contributed by atoms with Crippen LogP contribution in [0.25, 0.3) is 0 Å². The van der Waals surface area contributed by atoms with Crippen LogP contribution in [0.2, 0.25) is 0 Å². The van der Waals surface area contributed by atoms with Crippen LogP contribution >= 0.6 is 15.9 Å². The average Bonchev–Trinajstić information content (AvgIpc) is 2.28. The third-order valence-electron chi connectivity index (χ3n) is 2.03. The second-order valence-corrected chi connectivity index (χ2v) is 4.25. The number of rotatable bonds is 4. The molecule has 1 amide bonds. The summed E-state index contributed by atoms with van der Waals surface area (Å²) in [4.78, 5) is 11.5. The van der Waals surface area contributed by atoms with Crippen LogP contribution in [0, 0.1) is 11.8 Å². The topological polar surface area (TPSA) is 29.1 Å². The number of hydrogen-bond donors (Lipinski definition) is 1. The molecule has 84 valence electrons. The van der Waals surface area contributed by atoms with Gasteiger partial charge in [0, 0.05) is 17.4 Å². The third-order valence-corrected chi connectivity index (χ3v) is 2.56. The van der Waals surface area contributed by atoms with Crippen LogP contribution in [-0.4, -0.2) is 12.5 Å². The lowest BCUT2D eigenvalue weighted by Crippen LogP contribution is -2.25. The minimum absolute atomic E-state index is 0.0419. The van der Waals surface area contributed by atoms with Crippen LogP contribution in [0.5, 0.6) is 0 Å². The van der Waals surface area contributed by atoms with Gasteiger partial charge < -0.3 is 5.32 Å². The average molecular weight is 280 g/mol. The molecule has 0 spiro atoms. The van der Waals surface area contributed by atoms with Gasteiger partial charge in [0.25, 0.3) is 0 Å². The second-order valence-electron chi connectivity index (χ2n) is 3.33. The highest BCUT2D eigenvalue weighted by molar-refractivity contribution is 9.10. The van der Waals surface area contributed by atoms with Crippen LogP contribution in [-0.2, 0) is 11.2 Å². The molecule has 0 saturated heterocycles. The van der Waals surface area contributed by atoms with Crippen LogP contribution in [0.1, 0.15) is 18.9 Å². The van der Waals surface area contributed by atoms with Gasteiger partial charge in [0.05, 0.1) is 6.42 Å². The van der Waals surface area contributed by atoms with Gasteiger partial charge >= 0.3 is 0 Å². The Morgan fingerprint density at radius 3 is 2.69 bits per heavy atom. The molecule has 2 nitrogen and oxygen atoms in total.